The zero-order valence-corrected chi connectivity index (χ0v) is 21.4. The lowest BCUT2D eigenvalue weighted by Gasteiger charge is -2.38. The van der Waals surface area contributed by atoms with Gasteiger partial charge in [0.2, 0.25) is 10.0 Å². The Morgan fingerprint density at radius 3 is 2.53 bits per heavy atom. The topological polar surface area (TPSA) is 128 Å². The second kappa shape index (κ2) is 11.2. The number of aliphatic hydroxyl groups excluding tert-OH is 1. The van der Waals surface area contributed by atoms with Gasteiger partial charge in [0.25, 0.3) is 5.91 Å². The molecule has 0 fully saturated rings. The van der Waals surface area contributed by atoms with Gasteiger partial charge in [-0.05, 0) is 43.3 Å². The number of hydrogen-bond acceptors (Lipinski definition) is 6. The molecule has 0 aliphatic carbocycles. The Labute approximate surface area is 210 Å². The number of urea groups is 1. The molecular formula is C24H31FN4O6S. The molecule has 10 nitrogen and oxygen atoms in total. The zero-order chi connectivity index (χ0) is 26.6. The number of para-hydroxylation sites is 1. The number of sulfonamides is 1. The van der Waals surface area contributed by atoms with Gasteiger partial charge < -0.3 is 25.4 Å². The van der Waals surface area contributed by atoms with E-state index in [2.05, 4.69) is 10.6 Å². The Morgan fingerprint density at radius 1 is 1.25 bits per heavy atom. The average Bonchev–Trinajstić information content (AvgIpc) is 2.82. The fourth-order valence-electron chi connectivity index (χ4n) is 3.77. The number of aliphatic hydroxyl groups is 1. The minimum atomic E-state index is -3.51. The van der Waals surface area contributed by atoms with E-state index < -0.39 is 39.9 Å². The van der Waals surface area contributed by atoms with Crippen LogP contribution in [0.3, 0.4) is 0 Å². The average molecular weight is 523 g/mol. The molecule has 36 heavy (non-hydrogen) atoms. The van der Waals surface area contributed by atoms with E-state index in [4.69, 9.17) is 4.74 Å². The van der Waals surface area contributed by atoms with Crippen molar-refractivity contribution >= 4 is 33.3 Å². The second-order valence-corrected chi connectivity index (χ2v) is 11.0. The summed E-state index contributed by atoms with van der Waals surface area (Å²) in [6, 6.07) is 8.75. The summed E-state index contributed by atoms with van der Waals surface area (Å²) in [5.41, 5.74) is 0.709. The fraction of sp³-hybridized carbons (Fsp3) is 0.417. The first-order valence-corrected chi connectivity index (χ1v) is 13.2. The second-order valence-electron chi connectivity index (χ2n) is 8.93. The highest BCUT2D eigenvalue weighted by Crippen LogP contribution is 2.35. The van der Waals surface area contributed by atoms with Crippen molar-refractivity contribution in [2.24, 2.45) is 5.92 Å². The number of anilines is 2. The van der Waals surface area contributed by atoms with Gasteiger partial charge in [-0.3, -0.25) is 4.79 Å². The molecule has 2 aromatic carbocycles. The van der Waals surface area contributed by atoms with E-state index in [1.54, 1.807) is 25.1 Å². The van der Waals surface area contributed by atoms with Crippen LogP contribution in [0.4, 0.5) is 20.6 Å². The van der Waals surface area contributed by atoms with Gasteiger partial charge in [0.15, 0.2) is 5.75 Å². The molecule has 1 aliphatic rings. The molecule has 3 amide bonds. The number of amides is 3. The van der Waals surface area contributed by atoms with Gasteiger partial charge in [-0.2, -0.15) is 0 Å². The van der Waals surface area contributed by atoms with Gasteiger partial charge in [-0.25, -0.2) is 21.9 Å². The van der Waals surface area contributed by atoms with E-state index in [-0.39, 0.29) is 42.6 Å². The number of rotatable bonds is 7. The number of carbonyl (C=O) groups is 2. The summed E-state index contributed by atoms with van der Waals surface area (Å²) in [5, 5.41) is 15.0. The van der Waals surface area contributed by atoms with Crippen molar-refractivity contribution in [3.8, 4) is 5.75 Å². The summed E-state index contributed by atoms with van der Waals surface area (Å²) in [7, 11) is -2.07. The standard InChI is InChI=1S/C24H31FN4O6S/c1-15-12-29(16(2)14-30)23(31)19-6-5-7-20(22(19)35-21(15)13-28(3)36(4,33)34)27-24(32)26-18-10-8-17(25)9-11-18/h5-11,15-16,21,30H,12-14H2,1-4H3,(H2,26,27,32)/t15-,16-,21-/m0/s1. The highest BCUT2D eigenvalue weighted by molar-refractivity contribution is 7.88. The molecule has 0 unspecified atom stereocenters. The van der Waals surface area contributed by atoms with Crippen molar-refractivity contribution in [3.05, 3.63) is 53.8 Å². The molecule has 0 radical (unpaired) electrons. The van der Waals surface area contributed by atoms with Crippen molar-refractivity contribution in [1.29, 1.82) is 0 Å². The summed E-state index contributed by atoms with van der Waals surface area (Å²) < 4.78 is 44.7. The quantitative estimate of drug-likeness (QED) is 0.513. The lowest BCUT2D eigenvalue weighted by molar-refractivity contribution is 0.0389. The molecule has 12 heteroatoms. The first-order chi connectivity index (χ1) is 16.9. The maximum absolute atomic E-state index is 13.4. The number of nitrogens with one attached hydrogen (secondary N) is 2. The smallest absolute Gasteiger partial charge is 0.323 e. The Hall–Kier alpha value is -3.22. The molecule has 3 atom stereocenters. The van der Waals surface area contributed by atoms with Gasteiger partial charge in [0.1, 0.15) is 11.9 Å². The number of benzene rings is 2. The van der Waals surface area contributed by atoms with Crippen LogP contribution in [0.2, 0.25) is 0 Å². The molecular weight excluding hydrogens is 491 g/mol. The molecule has 1 heterocycles. The highest BCUT2D eigenvalue weighted by Gasteiger charge is 2.35. The van der Waals surface area contributed by atoms with Crippen LogP contribution < -0.4 is 15.4 Å². The number of hydrogen-bond donors (Lipinski definition) is 3. The van der Waals surface area contributed by atoms with Gasteiger partial charge in [-0.1, -0.05) is 13.0 Å². The Bertz CT molecular complexity index is 1210. The van der Waals surface area contributed by atoms with Crippen molar-refractivity contribution in [1.82, 2.24) is 9.21 Å². The van der Waals surface area contributed by atoms with Gasteiger partial charge in [0, 0.05) is 25.2 Å². The summed E-state index contributed by atoms with van der Waals surface area (Å²) in [6.07, 6.45) is 0.415. The first kappa shape index (κ1) is 27.4. The summed E-state index contributed by atoms with van der Waals surface area (Å²) in [6.45, 7) is 3.51. The molecule has 0 saturated carbocycles. The van der Waals surface area contributed by atoms with Crippen LogP contribution >= 0.6 is 0 Å². The molecule has 196 valence electrons. The number of halogens is 1. The molecule has 2 aromatic rings. The van der Waals surface area contributed by atoms with E-state index in [1.165, 1.54) is 36.2 Å². The number of carbonyl (C=O) groups excluding carboxylic acids is 2. The van der Waals surface area contributed by atoms with E-state index in [9.17, 15) is 27.5 Å². The van der Waals surface area contributed by atoms with E-state index in [0.717, 1.165) is 10.6 Å². The van der Waals surface area contributed by atoms with Crippen LogP contribution in [0.1, 0.15) is 24.2 Å². The predicted molar refractivity (Wildman–Crippen MR) is 134 cm³/mol. The van der Waals surface area contributed by atoms with Gasteiger partial charge >= 0.3 is 6.03 Å². The van der Waals surface area contributed by atoms with E-state index in [1.807, 2.05) is 6.92 Å². The van der Waals surface area contributed by atoms with Crippen LogP contribution in [-0.4, -0.2) is 79.8 Å². The Kier molecular flexibility index (Phi) is 8.54. The number of fused-ring (bicyclic) bond motifs is 1. The van der Waals surface area contributed by atoms with Crippen LogP contribution in [0.5, 0.6) is 5.75 Å². The SMILES string of the molecule is C[C@H]1CN([C@@H](C)CO)C(=O)c2cccc(NC(=O)Nc3ccc(F)cc3)c2O[C@H]1CN(C)S(C)(=O)=O. The predicted octanol–water partition coefficient (Wildman–Crippen LogP) is 2.58. The largest absolute Gasteiger partial charge is 0.486 e. The third-order valence-electron chi connectivity index (χ3n) is 6.04. The summed E-state index contributed by atoms with van der Waals surface area (Å²) in [4.78, 5) is 27.6. The zero-order valence-electron chi connectivity index (χ0n) is 20.6. The number of ether oxygens (including phenoxy) is 1. The van der Waals surface area contributed by atoms with Crippen molar-refractivity contribution in [2.75, 3.05) is 43.6 Å². The molecule has 0 spiro atoms. The van der Waals surface area contributed by atoms with Crippen molar-refractivity contribution in [2.45, 2.75) is 26.0 Å². The molecule has 1 aliphatic heterocycles. The maximum atomic E-state index is 13.4. The number of nitrogens with zero attached hydrogens (tertiary/aromatic N) is 2. The van der Waals surface area contributed by atoms with Crippen molar-refractivity contribution in [3.63, 3.8) is 0 Å². The monoisotopic (exact) mass is 522 g/mol. The Balaban J connectivity index is 1.99. The molecule has 3 rings (SSSR count). The van der Waals surface area contributed by atoms with Crippen LogP contribution in [0.25, 0.3) is 0 Å². The molecule has 0 bridgehead atoms. The van der Waals surface area contributed by atoms with E-state index >= 15 is 0 Å². The molecule has 0 saturated heterocycles. The van der Waals surface area contributed by atoms with Crippen LogP contribution in [0.15, 0.2) is 42.5 Å². The third-order valence-corrected chi connectivity index (χ3v) is 7.33. The normalized spacial score (nSPS) is 19.1. The first-order valence-electron chi connectivity index (χ1n) is 11.4. The lowest BCUT2D eigenvalue weighted by Crippen LogP contribution is -2.50. The fourth-order valence-corrected chi connectivity index (χ4v) is 4.18. The third kappa shape index (κ3) is 6.50. The highest BCUT2D eigenvalue weighted by atomic mass is 32.2. The maximum Gasteiger partial charge on any atom is 0.323 e. The van der Waals surface area contributed by atoms with Crippen molar-refractivity contribution < 1.29 is 32.2 Å². The van der Waals surface area contributed by atoms with Gasteiger partial charge in [0.05, 0.1) is 36.7 Å². The summed E-state index contributed by atoms with van der Waals surface area (Å²) >= 11 is 0. The summed E-state index contributed by atoms with van der Waals surface area (Å²) in [5.74, 6) is -1.07. The molecule has 0 aromatic heterocycles. The van der Waals surface area contributed by atoms with Crippen LogP contribution in [0, 0.1) is 11.7 Å². The molecule has 3 N–H and O–H groups in total. The Morgan fingerprint density at radius 2 is 1.92 bits per heavy atom. The van der Waals surface area contributed by atoms with Crippen LogP contribution in [-0.2, 0) is 10.0 Å². The van der Waals surface area contributed by atoms with E-state index in [0.29, 0.717) is 5.69 Å². The minimum absolute atomic E-state index is 0.00505. The lowest BCUT2D eigenvalue weighted by atomic mass is 9.99. The number of likely N-dealkylation sites (N-methyl/N-ethyl adjacent to an activating group) is 1. The van der Waals surface area contributed by atoms with Gasteiger partial charge in [-0.15, -0.1) is 0 Å². The minimum Gasteiger partial charge on any atom is -0.486 e.